The zero-order chi connectivity index (χ0) is 14.3. The van der Waals surface area contributed by atoms with E-state index in [1.807, 2.05) is 12.1 Å². The van der Waals surface area contributed by atoms with Gasteiger partial charge in [0, 0.05) is 21.8 Å². The molecule has 20 heavy (non-hydrogen) atoms. The minimum Gasteiger partial charge on any atom is -0.378 e. The molecule has 2 heterocycles. The van der Waals surface area contributed by atoms with Crippen LogP contribution in [0.15, 0.2) is 21.4 Å². The Morgan fingerprint density at radius 2 is 2.10 bits per heavy atom. The van der Waals surface area contributed by atoms with Gasteiger partial charge < -0.3 is 14.7 Å². The molecule has 2 aromatic rings. The van der Waals surface area contributed by atoms with Crippen LogP contribution in [0.1, 0.15) is 30.2 Å². The Labute approximate surface area is 133 Å². The summed E-state index contributed by atoms with van der Waals surface area (Å²) >= 11 is 7.43. The van der Waals surface area contributed by atoms with Crippen LogP contribution < -0.4 is 5.69 Å². The van der Waals surface area contributed by atoms with Crippen LogP contribution in [0.3, 0.4) is 0 Å². The van der Waals surface area contributed by atoms with E-state index in [1.54, 1.807) is 0 Å². The largest absolute Gasteiger partial charge is 0.378 e. The van der Waals surface area contributed by atoms with Gasteiger partial charge in [-0.3, -0.25) is 0 Å². The number of hydrogen-bond donors (Lipinski definition) is 2. The van der Waals surface area contributed by atoms with Gasteiger partial charge in [-0.05, 0) is 30.5 Å². The second-order valence-electron chi connectivity index (χ2n) is 5.17. The van der Waals surface area contributed by atoms with Crippen molar-refractivity contribution in [2.45, 2.75) is 30.7 Å². The fourth-order valence-electron chi connectivity index (χ4n) is 2.94. The predicted molar refractivity (Wildman–Crippen MR) is 86.4 cm³/mol. The van der Waals surface area contributed by atoms with Crippen molar-refractivity contribution in [3.05, 3.63) is 32.7 Å². The van der Waals surface area contributed by atoms with E-state index in [0.29, 0.717) is 12.0 Å². The molecular formula is C14H16Br2N2O2. The van der Waals surface area contributed by atoms with Gasteiger partial charge in [0.25, 0.3) is 0 Å². The van der Waals surface area contributed by atoms with Crippen molar-refractivity contribution < 1.29 is 4.74 Å². The zero-order valence-corrected chi connectivity index (χ0v) is 14.3. The summed E-state index contributed by atoms with van der Waals surface area (Å²) in [7, 11) is 0. The Balaban J connectivity index is 2.00. The maximum absolute atomic E-state index is 11.4. The fourth-order valence-corrected chi connectivity index (χ4v) is 4.82. The molecule has 0 aliphatic carbocycles. The minimum atomic E-state index is -0.175. The van der Waals surface area contributed by atoms with Crippen LogP contribution in [0, 0.1) is 5.92 Å². The first-order chi connectivity index (χ1) is 9.60. The third kappa shape index (κ3) is 2.49. The molecular weight excluding hydrogens is 388 g/mol. The Kier molecular flexibility index (Phi) is 4.06. The van der Waals surface area contributed by atoms with Crippen LogP contribution in [0.25, 0.3) is 11.0 Å². The summed E-state index contributed by atoms with van der Waals surface area (Å²) in [4.78, 5) is 17.2. The fraction of sp³-hybridized carbons (Fsp3) is 0.500. The topological polar surface area (TPSA) is 57.9 Å². The number of nitrogens with one attached hydrogen (secondary N) is 2. The summed E-state index contributed by atoms with van der Waals surface area (Å²) in [6, 6.07) is 3.98. The maximum atomic E-state index is 11.4. The summed E-state index contributed by atoms with van der Waals surface area (Å²) in [6.45, 7) is 2.98. The van der Waals surface area contributed by atoms with Crippen molar-refractivity contribution in [3.8, 4) is 0 Å². The first-order valence-corrected chi connectivity index (χ1v) is 8.48. The van der Waals surface area contributed by atoms with Gasteiger partial charge in [-0.2, -0.15) is 0 Å². The molecule has 2 N–H and O–H groups in total. The third-order valence-corrected chi connectivity index (χ3v) is 5.83. The average molecular weight is 404 g/mol. The standard InChI is InChI=1S/C14H16Br2N2O2/c1-2-12-7(3-4-20-12)13(16)8-5-10-11(6-9(8)15)18-14(19)17-10/h5-7,12-13H,2-4H2,1H3,(H2,17,18,19). The number of aromatic amines is 2. The van der Waals surface area contributed by atoms with E-state index in [2.05, 4.69) is 48.8 Å². The molecule has 3 rings (SSSR count). The number of halogens is 2. The number of rotatable bonds is 3. The smallest absolute Gasteiger partial charge is 0.323 e. The van der Waals surface area contributed by atoms with E-state index < -0.39 is 0 Å². The lowest BCUT2D eigenvalue weighted by atomic mass is 9.91. The highest BCUT2D eigenvalue weighted by atomic mass is 79.9. The van der Waals surface area contributed by atoms with E-state index in [9.17, 15) is 4.79 Å². The number of benzene rings is 1. The molecule has 0 spiro atoms. The summed E-state index contributed by atoms with van der Waals surface area (Å²) in [5, 5.41) is 0. The quantitative estimate of drug-likeness (QED) is 0.764. The summed E-state index contributed by atoms with van der Waals surface area (Å²) in [5.74, 6) is 0.458. The van der Waals surface area contributed by atoms with Crippen LogP contribution in [0.4, 0.5) is 0 Å². The van der Waals surface area contributed by atoms with Crippen LogP contribution in [-0.2, 0) is 4.74 Å². The molecule has 0 bridgehead atoms. The zero-order valence-electron chi connectivity index (χ0n) is 11.1. The first kappa shape index (κ1) is 14.4. The van der Waals surface area contributed by atoms with Gasteiger partial charge in [-0.25, -0.2) is 4.79 Å². The Morgan fingerprint density at radius 1 is 1.40 bits per heavy atom. The highest BCUT2D eigenvalue weighted by Crippen LogP contribution is 2.43. The molecule has 1 aliphatic heterocycles. The van der Waals surface area contributed by atoms with E-state index in [4.69, 9.17) is 4.74 Å². The molecule has 3 atom stereocenters. The Hall–Kier alpha value is -0.590. The van der Waals surface area contributed by atoms with Crippen molar-refractivity contribution in [2.75, 3.05) is 6.61 Å². The molecule has 0 saturated carbocycles. The van der Waals surface area contributed by atoms with Gasteiger partial charge in [0.1, 0.15) is 0 Å². The lowest BCUT2D eigenvalue weighted by Gasteiger charge is -2.23. The van der Waals surface area contributed by atoms with Crippen molar-refractivity contribution in [1.82, 2.24) is 9.97 Å². The second-order valence-corrected chi connectivity index (χ2v) is 7.01. The molecule has 1 aromatic carbocycles. The van der Waals surface area contributed by atoms with Crippen molar-refractivity contribution in [2.24, 2.45) is 5.92 Å². The number of alkyl halides is 1. The van der Waals surface area contributed by atoms with Crippen LogP contribution >= 0.6 is 31.9 Å². The van der Waals surface area contributed by atoms with E-state index >= 15 is 0 Å². The molecule has 6 heteroatoms. The summed E-state index contributed by atoms with van der Waals surface area (Å²) in [6.07, 6.45) is 2.38. The van der Waals surface area contributed by atoms with E-state index in [0.717, 1.165) is 40.5 Å². The van der Waals surface area contributed by atoms with Gasteiger partial charge in [-0.15, -0.1) is 0 Å². The molecule has 1 aliphatic rings. The molecule has 1 aromatic heterocycles. The van der Waals surface area contributed by atoms with E-state index in [1.165, 1.54) is 0 Å². The molecule has 0 radical (unpaired) electrons. The molecule has 108 valence electrons. The highest BCUT2D eigenvalue weighted by Gasteiger charge is 2.34. The lowest BCUT2D eigenvalue weighted by Crippen LogP contribution is -2.19. The van der Waals surface area contributed by atoms with Crippen molar-refractivity contribution >= 4 is 42.9 Å². The van der Waals surface area contributed by atoms with Gasteiger partial charge >= 0.3 is 5.69 Å². The Morgan fingerprint density at radius 3 is 2.80 bits per heavy atom. The van der Waals surface area contributed by atoms with Gasteiger partial charge in [0.2, 0.25) is 0 Å². The highest BCUT2D eigenvalue weighted by molar-refractivity contribution is 9.11. The number of ether oxygens (including phenoxy) is 1. The van der Waals surface area contributed by atoms with Crippen LogP contribution in [0.2, 0.25) is 0 Å². The molecule has 4 nitrogen and oxygen atoms in total. The van der Waals surface area contributed by atoms with Gasteiger partial charge in [-0.1, -0.05) is 38.8 Å². The summed E-state index contributed by atoms with van der Waals surface area (Å²) in [5.41, 5.74) is 2.64. The van der Waals surface area contributed by atoms with Crippen LogP contribution in [0.5, 0.6) is 0 Å². The third-order valence-electron chi connectivity index (χ3n) is 3.97. The number of imidazole rings is 1. The number of fused-ring (bicyclic) bond motifs is 1. The van der Waals surface area contributed by atoms with E-state index in [-0.39, 0.29) is 10.5 Å². The van der Waals surface area contributed by atoms with Gasteiger partial charge in [0.15, 0.2) is 0 Å². The number of hydrogen-bond acceptors (Lipinski definition) is 2. The average Bonchev–Trinajstić information content (AvgIpc) is 3.01. The number of aromatic nitrogens is 2. The minimum absolute atomic E-state index is 0.175. The molecule has 3 unspecified atom stereocenters. The SMILES string of the molecule is CCC1OCCC1C(Br)c1cc2[nH]c(=O)[nH]c2cc1Br. The number of H-pyrrole nitrogens is 2. The monoisotopic (exact) mass is 402 g/mol. The molecule has 0 amide bonds. The Bertz CT molecular complexity index is 679. The van der Waals surface area contributed by atoms with Gasteiger partial charge in [0.05, 0.1) is 17.1 Å². The first-order valence-electron chi connectivity index (χ1n) is 6.77. The maximum Gasteiger partial charge on any atom is 0.323 e. The van der Waals surface area contributed by atoms with Crippen molar-refractivity contribution in [1.29, 1.82) is 0 Å². The summed E-state index contributed by atoms with van der Waals surface area (Å²) < 4.78 is 6.78. The normalized spacial score (nSPS) is 24.4. The second kappa shape index (κ2) is 5.66. The molecule has 1 saturated heterocycles. The predicted octanol–water partition coefficient (Wildman–Crippen LogP) is 3.87. The van der Waals surface area contributed by atoms with Crippen LogP contribution in [-0.4, -0.2) is 22.7 Å². The van der Waals surface area contributed by atoms with Crippen molar-refractivity contribution in [3.63, 3.8) is 0 Å². The lowest BCUT2D eigenvalue weighted by molar-refractivity contribution is 0.0872. The molecule has 1 fully saturated rings.